The summed E-state index contributed by atoms with van der Waals surface area (Å²) >= 11 is 0. The molecule has 0 aliphatic rings. The van der Waals surface area contributed by atoms with Crippen LogP contribution in [0.25, 0.3) is 0 Å². The first-order valence-corrected chi connectivity index (χ1v) is 5.29. The minimum absolute atomic E-state index is 0.635. The number of hydrogen-bond acceptors (Lipinski definition) is 5. The number of rotatable bonds is 3. The van der Waals surface area contributed by atoms with Crippen molar-refractivity contribution in [2.45, 2.75) is 6.92 Å². The molecule has 0 radical (unpaired) electrons. The molecule has 7 heteroatoms. The lowest BCUT2D eigenvalue weighted by atomic mass is 10.3. The third kappa shape index (κ3) is 3.24. The van der Waals surface area contributed by atoms with E-state index < -0.39 is 10.0 Å². The summed E-state index contributed by atoms with van der Waals surface area (Å²) in [7, 11) is -3.29. The molecule has 1 heterocycles. The molecular formula is C6H9N3O3S. The van der Waals surface area contributed by atoms with Crippen molar-refractivity contribution in [3.8, 4) is 0 Å². The topological polar surface area (TPSA) is 84.6 Å². The lowest BCUT2D eigenvalue weighted by molar-refractivity contribution is 0.415. The maximum atomic E-state index is 10.6. The van der Waals surface area contributed by atoms with Gasteiger partial charge in [-0.25, -0.2) is 13.2 Å². The Morgan fingerprint density at radius 1 is 1.69 bits per heavy atom. The van der Waals surface area contributed by atoms with E-state index in [1.165, 1.54) is 12.5 Å². The molecule has 0 aliphatic heterocycles. The standard InChI is InChI=1S/C6H9N3O3S/c1-5-6(4-12-8-5)3-7-9-13(2,10)11/h3-4,9H,1-2H3/b7-3+. The number of aryl methyl sites for hydroxylation is 1. The van der Waals surface area contributed by atoms with Gasteiger partial charge in [0.2, 0.25) is 10.0 Å². The van der Waals surface area contributed by atoms with Crippen molar-refractivity contribution < 1.29 is 12.9 Å². The van der Waals surface area contributed by atoms with Crippen LogP contribution >= 0.6 is 0 Å². The molecule has 0 bridgehead atoms. The lowest BCUT2D eigenvalue weighted by Crippen LogP contribution is -2.15. The van der Waals surface area contributed by atoms with Gasteiger partial charge in [0.1, 0.15) is 6.26 Å². The van der Waals surface area contributed by atoms with Crippen LogP contribution in [-0.4, -0.2) is 26.0 Å². The van der Waals surface area contributed by atoms with Gasteiger partial charge in [0.15, 0.2) is 0 Å². The highest BCUT2D eigenvalue weighted by molar-refractivity contribution is 7.88. The van der Waals surface area contributed by atoms with E-state index in [2.05, 4.69) is 14.8 Å². The minimum Gasteiger partial charge on any atom is -0.364 e. The van der Waals surface area contributed by atoms with Crippen LogP contribution in [0, 0.1) is 6.92 Å². The van der Waals surface area contributed by atoms with Crippen LogP contribution in [0.5, 0.6) is 0 Å². The van der Waals surface area contributed by atoms with Crippen molar-refractivity contribution in [1.82, 2.24) is 9.99 Å². The molecular weight excluding hydrogens is 194 g/mol. The molecule has 0 saturated heterocycles. The van der Waals surface area contributed by atoms with E-state index in [-0.39, 0.29) is 0 Å². The second-order valence-corrected chi connectivity index (χ2v) is 4.20. The molecule has 0 aliphatic carbocycles. The van der Waals surface area contributed by atoms with Crippen LogP contribution in [0.4, 0.5) is 0 Å². The van der Waals surface area contributed by atoms with Gasteiger partial charge in [0.05, 0.1) is 23.7 Å². The second-order valence-electron chi connectivity index (χ2n) is 2.48. The van der Waals surface area contributed by atoms with Crippen LogP contribution < -0.4 is 4.83 Å². The molecule has 0 aromatic carbocycles. The van der Waals surface area contributed by atoms with Gasteiger partial charge in [-0.3, -0.25) is 0 Å². The summed E-state index contributed by atoms with van der Waals surface area (Å²) in [5.41, 5.74) is 1.29. The smallest absolute Gasteiger partial charge is 0.244 e. The van der Waals surface area contributed by atoms with Crippen LogP contribution in [0.15, 0.2) is 15.9 Å². The zero-order chi connectivity index (χ0) is 9.90. The van der Waals surface area contributed by atoms with E-state index in [0.29, 0.717) is 11.3 Å². The Labute approximate surface area is 75.7 Å². The molecule has 0 unspecified atom stereocenters. The Kier molecular flexibility index (Phi) is 2.66. The molecule has 0 atom stereocenters. The van der Waals surface area contributed by atoms with Crippen molar-refractivity contribution in [2.75, 3.05) is 6.26 Å². The fourth-order valence-corrected chi connectivity index (χ4v) is 0.860. The number of nitrogens with one attached hydrogen (secondary N) is 1. The number of nitrogens with zero attached hydrogens (tertiary/aromatic N) is 2. The van der Waals surface area contributed by atoms with Crippen molar-refractivity contribution in [3.63, 3.8) is 0 Å². The summed E-state index contributed by atoms with van der Waals surface area (Å²) in [6.45, 7) is 1.73. The number of hydrazone groups is 1. The predicted octanol–water partition coefficient (Wildman–Crippen LogP) is -0.134. The quantitative estimate of drug-likeness (QED) is 0.547. The fraction of sp³-hybridized carbons (Fsp3) is 0.333. The molecule has 1 rings (SSSR count). The fourth-order valence-electron chi connectivity index (χ4n) is 0.616. The summed E-state index contributed by atoms with van der Waals surface area (Å²) in [4.78, 5) is 1.96. The van der Waals surface area contributed by atoms with Crippen molar-refractivity contribution in [3.05, 3.63) is 17.5 Å². The Balaban J connectivity index is 2.65. The summed E-state index contributed by atoms with van der Waals surface area (Å²) in [5.74, 6) is 0. The third-order valence-electron chi connectivity index (χ3n) is 1.21. The normalized spacial score (nSPS) is 12.2. The lowest BCUT2D eigenvalue weighted by Gasteiger charge is -1.92. The Morgan fingerprint density at radius 2 is 2.38 bits per heavy atom. The van der Waals surface area contributed by atoms with E-state index in [4.69, 9.17) is 0 Å². The van der Waals surface area contributed by atoms with Gasteiger partial charge in [0.25, 0.3) is 0 Å². The van der Waals surface area contributed by atoms with Gasteiger partial charge in [-0.05, 0) is 6.92 Å². The average Bonchev–Trinajstić information content (AvgIpc) is 2.34. The van der Waals surface area contributed by atoms with Crippen molar-refractivity contribution >= 4 is 16.2 Å². The molecule has 72 valence electrons. The molecule has 6 nitrogen and oxygen atoms in total. The van der Waals surface area contributed by atoms with Gasteiger partial charge in [-0.1, -0.05) is 5.16 Å². The molecule has 0 saturated carbocycles. The van der Waals surface area contributed by atoms with Crippen LogP contribution in [0.1, 0.15) is 11.3 Å². The highest BCUT2D eigenvalue weighted by Gasteiger charge is 1.99. The first kappa shape index (κ1) is 9.72. The third-order valence-corrected chi connectivity index (χ3v) is 1.65. The first-order valence-electron chi connectivity index (χ1n) is 3.40. The van der Waals surface area contributed by atoms with E-state index in [1.54, 1.807) is 6.92 Å². The number of sulfonamides is 1. The molecule has 0 spiro atoms. The van der Waals surface area contributed by atoms with Crippen LogP contribution in [-0.2, 0) is 10.0 Å². The molecule has 1 N–H and O–H groups in total. The molecule has 13 heavy (non-hydrogen) atoms. The highest BCUT2D eigenvalue weighted by atomic mass is 32.2. The Morgan fingerprint density at radius 3 is 2.85 bits per heavy atom. The van der Waals surface area contributed by atoms with Crippen LogP contribution in [0.2, 0.25) is 0 Å². The largest absolute Gasteiger partial charge is 0.364 e. The number of hydrogen-bond donors (Lipinski definition) is 1. The van der Waals surface area contributed by atoms with Gasteiger partial charge < -0.3 is 4.52 Å². The van der Waals surface area contributed by atoms with E-state index in [0.717, 1.165) is 6.26 Å². The predicted molar refractivity (Wildman–Crippen MR) is 46.8 cm³/mol. The van der Waals surface area contributed by atoms with Gasteiger partial charge >= 0.3 is 0 Å². The first-order chi connectivity index (χ1) is 5.99. The molecule has 0 fully saturated rings. The van der Waals surface area contributed by atoms with Gasteiger partial charge in [-0.2, -0.15) is 5.10 Å². The number of aromatic nitrogens is 1. The zero-order valence-corrected chi connectivity index (χ0v) is 8.00. The SMILES string of the molecule is Cc1nocc1/C=N/NS(C)(=O)=O. The Hall–Kier alpha value is -1.37. The molecule has 1 aromatic rings. The van der Waals surface area contributed by atoms with Gasteiger partial charge in [-0.15, -0.1) is 0 Å². The molecule has 0 amide bonds. The van der Waals surface area contributed by atoms with E-state index in [1.807, 2.05) is 4.83 Å². The van der Waals surface area contributed by atoms with Crippen molar-refractivity contribution in [2.24, 2.45) is 5.10 Å². The minimum atomic E-state index is -3.29. The average molecular weight is 203 g/mol. The summed E-state index contributed by atoms with van der Waals surface area (Å²) in [5, 5.41) is 7.07. The van der Waals surface area contributed by atoms with E-state index >= 15 is 0 Å². The zero-order valence-electron chi connectivity index (χ0n) is 7.18. The summed E-state index contributed by atoms with van der Waals surface area (Å²) in [6.07, 6.45) is 3.72. The monoisotopic (exact) mass is 203 g/mol. The molecule has 1 aromatic heterocycles. The van der Waals surface area contributed by atoms with Gasteiger partial charge in [0, 0.05) is 0 Å². The maximum Gasteiger partial charge on any atom is 0.244 e. The Bertz CT molecular complexity index is 407. The highest BCUT2D eigenvalue weighted by Crippen LogP contribution is 2.00. The summed E-state index contributed by atoms with van der Waals surface area (Å²) in [6, 6.07) is 0. The van der Waals surface area contributed by atoms with E-state index in [9.17, 15) is 8.42 Å². The van der Waals surface area contributed by atoms with Crippen LogP contribution in [0.3, 0.4) is 0 Å². The van der Waals surface area contributed by atoms with Crippen molar-refractivity contribution in [1.29, 1.82) is 0 Å². The second kappa shape index (κ2) is 3.56. The maximum absolute atomic E-state index is 10.6. The summed E-state index contributed by atoms with van der Waals surface area (Å²) < 4.78 is 25.8.